The Morgan fingerprint density at radius 1 is 0.138 bits per heavy atom. The van der Waals surface area contributed by atoms with Crippen molar-refractivity contribution < 1.29 is 168 Å². The highest BCUT2D eigenvalue weighted by molar-refractivity contribution is 14.1. The summed E-state index contributed by atoms with van der Waals surface area (Å²) in [7, 11) is -10.8. The van der Waals surface area contributed by atoms with Crippen molar-refractivity contribution in [3.63, 3.8) is 0 Å². The van der Waals surface area contributed by atoms with Crippen LogP contribution in [0.4, 0.5) is 25.2 Å². The van der Waals surface area contributed by atoms with Gasteiger partial charge in [0.2, 0.25) is 0 Å². The molecule has 12 aromatic rings. The molecule has 0 spiro atoms. The minimum atomic E-state index is -5.14. The van der Waals surface area contributed by atoms with E-state index in [1.807, 2.05) is 291 Å². The standard InChI is InChI=1S/12C7H7IO.6FH2O3P/c12*1-9-7-4-2-6(8)3-5-7;6*1-5(2,3)4/h12*2-5H,1H3;6*(H2,2,3,4). The van der Waals surface area contributed by atoms with E-state index in [2.05, 4.69) is 271 Å². The summed E-state index contributed by atoms with van der Waals surface area (Å²) >= 11 is 27.1. The van der Waals surface area contributed by atoms with Crippen LogP contribution >= 0.6 is 319 Å². The molecule has 12 aromatic carbocycles. The predicted molar refractivity (Wildman–Crippen MR) is 627 cm³/mol. The van der Waals surface area contributed by atoms with Crippen molar-refractivity contribution in [2.24, 2.45) is 0 Å². The lowest BCUT2D eigenvalue weighted by Gasteiger charge is -1.96. The van der Waals surface area contributed by atoms with Gasteiger partial charge in [-0.05, 0) is 562 Å². The molecule has 0 fully saturated rings. The van der Waals surface area contributed by atoms with E-state index in [4.69, 9.17) is 143 Å². The van der Waals surface area contributed by atoms with Crippen molar-refractivity contribution in [3.05, 3.63) is 334 Å². The minimum absolute atomic E-state index is 0.912. The molecule has 0 unspecified atom stereocenters. The molecule has 0 atom stereocenters. The van der Waals surface area contributed by atoms with Crippen LogP contribution in [0.3, 0.4) is 0 Å². The van der Waals surface area contributed by atoms with E-state index in [0.717, 1.165) is 69.0 Å². The number of hydrogen-bond donors (Lipinski definition) is 12. The van der Waals surface area contributed by atoms with E-state index >= 15 is 0 Å². The average molecular weight is 3410 g/mol. The van der Waals surface area contributed by atoms with Crippen molar-refractivity contribution in [1.82, 2.24) is 0 Å². The summed E-state index contributed by atoms with van der Waals surface area (Å²) in [6, 6.07) is 95.0. The van der Waals surface area contributed by atoms with Gasteiger partial charge in [-0.15, -0.1) is 25.2 Å². The normalized spacial score (nSPS) is 9.70. The maximum atomic E-state index is 10.4. The van der Waals surface area contributed by atoms with E-state index in [1.54, 1.807) is 85.3 Å². The summed E-state index contributed by atoms with van der Waals surface area (Å²) in [6.07, 6.45) is 0. The van der Waals surface area contributed by atoms with Crippen molar-refractivity contribution in [1.29, 1.82) is 0 Å². The smallest absolute Gasteiger partial charge is 0.497 e. The first-order chi connectivity index (χ1) is 63.9. The lowest BCUT2D eigenvalue weighted by atomic mass is 10.3. The summed E-state index contributed by atoms with van der Waals surface area (Å²) in [5, 5.41) is 0. The fourth-order valence-corrected chi connectivity index (χ4v) is 11.2. The highest BCUT2D eigenvalue weighted by Crippen LogP contribution is 2.38. The average Bonchev–Trinajstić information content (AvgIpc) is 0.999. The predicted octanol–water partition coefficient (Wildman–Crippen LogP) is 27.9. The van der Waals surface area contributed by atoms with Crippen molar-refractivity contribution in [2.45, 2.75) is 0 Å². The van der Waals surface area contributed by atoms with Crippen LogP contribution in [0.15, 0.2) is 291 Å². The summed E-state index contributed by atoms with van der Waals surface area (Å²) in [5.74, 6) is 10.9. The van der Waals surface area contributed by atoms with Crippen LogP contribution in [0, 0.1) is 42.8 Å². The Bertz CT molecular complexity index is 4150. The van der Waals surface area contributed by atoms with E-state index in [-0.39, 0.29) is 0 Å². The van der Waals surface area contributed by atoms with Gasteiger partial charge in [0.05, 0.1) is 85.3 Å². The van der Waals surface area contributed by atoms with Gasteiger partial charge in [-0.1, -0.05) is 0 Å². The SMILES string of the molecule is COc1ccc(I)cc1.COc1ccc(I)cc1.COc1ccc(I)cc1.COc1ccc(I)cc1.COc1ccc(I)cc1.COc1ccc(I)cc1.COc1ccc(I)cc1.COc1ccc(I)cc1.COc1ccc(I)cc1.COc1ccc(I)cc1.COc1ccc(I)cc1.COc1ccc(I)cc1.O=P(O)(O)F.O=P(O)(O)F.O=P(O)(O)F.O=P(O)(O)F.O=P(O)(O)F.O=P(O)(O)F. The highest BCUT2D eigenvalue weighted by Gasteiger charge is 2.08. The summed E-state index contributed by atoms with van der Waals surface area (Å²) in [6.45, 7) is 0. The van der Waals surface area contributed by atoms with Crippen molar-refractivity contribution in [3.8, 4) is 69.0 Å². The number of methoxy groups -OCH3 is 12. The fraction of sp³-hybridized carbons (Fsp3) is 0.143. The zero-order valence-electron chi connectivity index (χ0n) is 73.9. The Morgan fingerprint density at radius 3 is 0.203 bits per heavy atom. The number of ether oxygens (including phenoxy) is 12. The van der Waals surface area contributed by atoms with Crippen LogP contribution in [0.25, 0.3) is 0 Å². The second-order valence-electron chi connectivity index (χ2n) is 22.7. The molecule has 0 saturated heterocycles. The molecule has 30 nitrogen and oxygen atoms in total. The molecule has 0 aliphatic rings. The Balaban J connectivity index is -0.000000336. The Morgan fingerprint density at radius 2 is 0.174 bits per heavy atom. The third kappa shape index (κ3) is 117. The largest absolute Gasteiger partial charge is 0.507 e. The Labute approximate surface area is 961 Å². The molecular formula is C84H96F6I12O30P6. The highest BCUT2D eigenvalue weighted by atomic mass is 127. The van der Waals surface area contributed by atoms with Crippen LogP contribution in [0.5, 0.6) is 69.0 Å². The minimum Gasteiger partial charge on any atom is -0.497 e. The topological polar surface area (TPSA) is 456 Å². The first kappa shape index (κ1) is 146. The molecular weight excluding hydrogens is 3310 g/mol. The molecule has 12 rings (SSSR count). The first-order valence-electron chi connectivity index (χ1n) is 36.0. The van der Waals surface area contributed by atoms with Gasteiger partial charge in [-0.25, -0.2) is 27.4 Å². The zero-order chi connectivity index (χ0) is 107. The molecule has 0 aliphatic carbocycles. The lowest BCUT2D eigenvalue weighted by molar-refractivity contribution is 0.320. The Kier molecular flexibility index (Phi) is 92.7. The van der Waals surface area contributed by atoms with Crippen LogP contribution in [0.2, 0.25) is 0 Å². The van der Waals surface area contributed by atoms with Gasteiger partial charge in [-0.3, -0.25) is 58.7 Å². The fourth-order valence-electron chi connectivity index (χ4n) is 6.85. The zero-order valence-corrected chi connectivity index (χ0v) is 105. The van der Waals surface area contributed by atoms with Gasteiger partial charge in [0.1, 0.15) is 69.0 Å². The second kappa shape index (κ2) is 87.5. The second-order valence-corrected chi connectivity index (χ2v) is 43.4. The maximum Gasteiger partial charge on any atom is 0.507 e. The summed E-state index contributed by atoms with van der Waals surface area (Å²) < 4.78 is 188. The van der Waals surface area contributed by atoms with Gasteiger partial charge in [0.25, 0.3) is 0 Å². The molecule has 0 aromatic heterocycles. The molecule has 138 heavy (non-hydrogen) atoms. The van der Waals surface area contributed by atoms with Crippen molar-refractivity contribution in [2.75, 3.05) is 85.3 Å². The molecule has 54 heteroatoms. The quantitative estimate of drug-likeness (QED) is 0.0307. The summed E-state index contributed by atoms with van der Waals surface area (Å²) in [5.41, 5.74) is 0. The van der Waals surface area contributed by atoms with Gasteiger partial charge >= 0.3 is 47.4 Å². The number of halogens is 18. The van der Waals surface area contributed by atoms with Gasteiger partial charge in [0.15, 0.2) is 0 Å². The monoisotopic (exact) mass is 3410 g/mol. The van der Waals surface area contributed by atoms with E-state index in [0.29, 0.717) is 0 Å². The van der Waals surface area contributed by atoms with Gasteiger partial charge in [0, 0.05) is 42.8 Å². The van der Waals surface area contributed by atoms with E-state index < -0.39 is 47.4 Å². The van der Waals surface area contributed by atoms with E-state index in [1.165, 1.54) is 42.8 Å². The molecule has 0 heterocycles. The van der Waals surface area contributed by atoms with Crippen LogP contribution in [-0.4, -0.2) is 144 Å². The van der Waals surface area contributed by atoms with Crippen LogP contribution in [-0.2, 0) is 27.4 Å². The third-order valence-corrected chi connectivity index (χ3v) is 21.2. The molecule has 768 valence electrons. The van der Waals surface area contributed by atoms with Crippen molar-refractivity contribution >= 4 is 319 Å². The van der Waals surface area contributed by atoms with E-state index in [9.17, 15) is 25.2 Å². The molecule has 0 radical (unpaired) electrons. The molecule has 0 aliphatic heterocycles. The Hall–Kier alpha value is -2.52. The lowest BCUT2D eigenvalue weighted by Crippen LogP contribution is -1.80. The number of rotatable bonds is 12. The molecule has 0 amide bonds. The maximum absolute atomic E-state index is 10.4. The van der Waals surface area contributed by atoms with Crippen LogP contribution < -0.4 is 56.8 Å². The number of hydrogen-bond acceptors (Lipinski definition) is 18. The summed E-state index contributed by atoms with van der Waals surface area (Å²) in [4.78, 5) is 83.6. The molecule has 0 saturated carbocycles. The molecule has 12 N–H and O–H groups in total. The first-order valence-corrected chi connectivity index (χ1v) is 57.9. The number of benzene rings is 12. The van der Waals surface area contributed by atoms with Gasteiger partial charge < -0.3 is 56.8 Å². The third-order valence-electron chi connectivity index (χ3n) is 12.6. The van der Waals surface area contributed by atoms with Gasteiger partial charge in [-0.2, -0.15) is 0 Å². The van der Waals surface area contributed by atoms with Crippen LogP contribution in [0.1, 0.15) is 0 Å². The molecule has 0 bridgehead atoms.